The maximum absolute atomic E-state index is 14.2. The van der Waals surface area contributed by atoms with Crippen molar-refractivity contribution in [3.63, 3.8) is 0 Å². The smallest absolute Gasteiger partial charge is 0.357 e. The molecule has 0 atom stereocenters. The number of carbonyl (C=O) groups is 1. The molecule has 2 heterocycles. The summed E-state index contributed by atoms with van der Waals surface area (Å²) in [6.07, 6.45) is 0.568. The zero-order chi connectivity index (χ0) is 20.9. The summed E-state index contributed by atoms with van der Waals surface area (Å²) >= 11 is 0. The highest BCUT2D eigenvalue weighted by atomic mass is 19.1. The number of hydrogen-bond acceptors (Lipinski definition) is 3. The molecule has 0 aliphatic rings. The first kappa shape index (κ1) is 19.2. The maximum Gasteiger partial charge on any atom is 0.357 e. The predicted molar refractivity (Wildman–Crippen MR) is 112 cm³/mol. The van der Waals surface area contributed by atoms with Gasteiger partial charge >= 0.3 is 5.97 Å². The SMILES string of the molecule is CCOC(=O)c1c(CC)nc2n(-c3c(C)cc(C)cc3C)c3ccc(F)cc3n12. The van der Waals surface area contributed by atoms with Crippen LogP contribution in [0.25, 0.3) is 22.5 Å². The fourth-order valence-corrected chi connectivity index (χ4v) is 4.20. The molecule has 5 nitrogen and oxygen atoms in total. The Morgan fingerprint density at radius 3 is 2.38 bits per heavy atom. The third-order valence-corrected chi connectivity index (χ3v) is 5.21. The van der Waals surface area contributed by atoms with Crippen LogP contribution in [0.3, 0.4) is 0 Å². The van der Waals surface area contributed by atoms with E-state index in [0.717, 1.165) is 22.3 Å². The third kappa shape index (κ3) is 2.90. The molecule has 150 valence electrons. The van der Waals surface area contributed by atoms with Crippen molar-refractivity contribution in [2.75, 3.05) is 6.61 Å². The van der Waals surface area contributed by atoms with Crippen LogP contribution in [-0.4, -0.2) is 26.5 Å². The molecule has 0 saturated heterocycles. The van der Waals surface area contributed by atoms with Gasteiger partial charge in [0.2, 0.25) is 5.78 Å². The van der Waals surface area contributed by atoms with Crippen molar-refractivity contribution in [2.24, 2.45) is 0 Å². The lowest BCUT2D eigenvalue weighted by Gasteiger charge is -2.13. The van der Waals surface area contributed by atoms with Crippen LogP contribution >= 0.6 is 0 Å². The minimum absolute atomic E-state index is 0.262. The Labute approximate surface area is 168 Å². The molecule has 0 aliphatic heterocycles. The highest BCUT2D eigenvalue weighted by Crippen LogP contribution is 2.32. The Balaban J connectivity index is 2.20. The molecule has 0 spiro atoms. The van der Waals surface area contributed by atoms with Crippen LogP contribution in [0.1, 0.15) is 46.7 Å². The Morgan fingerprint density at radius 2 is 1.76 bits per heavy atom. The molecule has 6 heteroatoms. The van der Waals surface area contributed by atoms with E-state index in [1.807, 2.05) is 11.5 Å². The summed E-state index contributed by atoms with van der Waals surface area (Å²) in [6.45, 7) is 10.1. The summed E-state index contributed by atoms with van der Waals surface area (Å²) in [5, 5.41) is 0. The lowest BCUT2D eigenvalue weighted by atomic mass is 10.0. The quantitative estimate of drug-likeness (QED) is 0.454. The number of esters is 1. The Morgan fingerprint density at radius 1 is 1.07 bits per heavy atom. The number of carbonyl (C=O) groups excluding carboxylic acids is 1. The summed E-state index contributed by atoms with van der Waals surface area (Å²) in [6, 6.07) is 8.84. The van der Waals surface area contributed by atoms with Crippen molar-refractivity contribution in [1.82, 2.24) is 14.0 Å². The highest BCUT2D eigenvalue weighted by molar-refractivity contribution is 5.94. The van der Waals surface area contributed by atoms with Gasteiger partial charge in [0.25, 0.3) is 0 Å². The van der Waals surface area contributed by atoms with Crippen molar-refractivity contribution in [1.29, 1.82) is 0 Å². The lowest BCUT2D eigenvalue weighted by Crippen LogP contribution is -2.10. The fraction of sp³-hybridized carbons (Fsp3) is 0.304. The average Bonchev–Trinajstić information content (AvgIpc) is 3.16. The molecule has 0 radical (unpaired) electrons. The van der Waals surface area contributed by atoms with Gasteiger partial charge in [0.05, 0.1) is 29.0 Å². The number of aryl methyl sites for hydroxylation is 4. The molecule has 4 rings (SSSR count). The standard InChI is InChI=1S/C23H24FN3O2/c1-6-17-21(22(28)29-7-2)27-19-12-16(24)8-9-18(19)26(23(27)25-17)20-14(4)10-13(3)11-15(20)5/h8-12H,6-7H2,1-5H3. The van der Waals surface area contributed by atoms with Gasteiger partial charge in [0.1, 0.15) is 5.82 Å². The minimum atomic E-state index is -0.447. The number of ether oxygens (including phenoxy) is 1. The van der Waals surface area contributed by atoms with Crippen LogP contribution in [-0.2, 0) is 11.2 Å². The molecule has 4 aromatic rings. The number of benzene rings is 2. The number of halogens is 1. The van der Waals surface area contributed by atoms with Crippen molar-refractivity contribution < 1.29 is 13.9 Å². The lowest BCUT2D eigenvalue weighted by molar-refractivity contribution is 0.0517. The second-order valence-corrected chi connectivity index (χ2v) is 7.33. The average molecular weight is 393 g/mol. The fourth-order valence-electron chi connectivity index (χ4n) is 4.20. The minimum Gasteiger partial charge on any atom is -0.461 e. The van der Waals surface area contributed by atoms with Crippen LogP contribution in [0.5, 0.6) is 0 Å². The van der Waals surface area contributed by atoms with Gasteiger partial charge in [-0.2, -0.15) is 0 Å². The zero-order valence-corrected chi connectivity index (χ0v) is 17.3. The second-order valence-electron chi connectivity index (χ2n) is 7.33. The first-order chi connectivity index (χ1) is 13.9. The third-order valence-electron chi connectivity index (χ3n) is 5.21. The molecule has 0 saturated carbocycles. The molecule has 0 fully saturated rings. The molecule has 0 bridgehead atoms. The molecule has 0 amide bonds. The van der Waals surface area contributed by atoms with Gasteiger partial charge in [0.15, 0.2) is 5.69 Å². The van der Waals surface area contributed by atoms with Crippen LogP contribution < -0.4 is 0 Å². The zero-order valence-electron chi connectivity index (χ0n) is 17.3. The van der Waals surface area contributed by atoms with Gasteiger partial charge in [-0.1, -0.05) is 24.6 Å². The molecule has 2 aromatic carbocycles. The topological polar surface area (TPSA) is 48.5 Å². The van der Waals surface area contributed by atoms with Gasteiger partial charge < -0.3 is 4.74 Å². The van der Waals surface area contributed by atoms with Crippen molar-refractivity contribution in [3.8, 4) is 5.69 Å². The first-order valence-electron chi connectivity index (χ1n) is 9.84. The number of fused-ring (bicyclic) bond motifs is 3. The highest BCUT2D eigenvalue weighted by Gasteiger charge is 2.26. The number of aromatic nitrogens is 3. The summed E-state index contributed by atoms with van der Waals surface area (Å²) in [7, 11) is 0. The summed E-state index contributed by atoms with van der Waals surface area (Å²) in [5.74, 6) is -0.228. The van der Waals surface area contributed by atoms with Gasteiger partial charge in [-0.05, 0) is 57.4 Å². The summed E-state index contributed by atoms with van der Waals surface area (Å²) in [4.78, 5) is 17.6. The van der Waals surface area contributed by atoms with Crippen molar-refractivity contribution in [3.05, 3.63) is 64.2 Å². The maximum atomic E-state index is 14.2. The molecular formula is C23H24FN3O2. The van der Waals surface area contributed by atoms with E-state index >= 15 is 0 Å². The van der Waals surface area contributed by atoms with Crippen LogP contribution in [0.4, 0.5) is 4.39 Å². The van der Waals surface area contributed by atoms with Crippen LogP contribution in [0.2, 0.25) is 0 Å². The molecule has 29 heavy (non-hydrogen) atoms. The predicted octanol–water partition coefficient (Wildman–Crippen LogP) is 5.08. The normalized spacial score (nSPS) is 11.5. The monoisotopic (exact) mass is 393 g/mol. The number of nitrogens with zero attached hydrogens (tertiary/aromatic N) is 3. The Hall–Kier alpha value is -3.15. The second kappa shape index (κ2) is 7.03. The van der Waals surface area contributed by atoms with Crippen molar-refractivity contribution >= 4 is 22.8 Å². The Bertz CT molecular complexity index is 1240. The molecule has 0 unspecified atom stereocenters. The first-order valence-corrected chi connectivity index (χ1v) is 9.84. The molecule has 2 aromatic heterocycles. The summed E-state index contributed by atoms with van der Waals surface area (Å²) < 4.78 is 23.2. The Kier molecular flexibility index (Phi) is 4.65. The van der Waals surface area contributed by atoms with E-state index in [2.05, 4.69) is 32.9 Å². The molecular weight excluding hydrogens is 369 g/mol. The van der Waals surface area contributed by atoms with Crippen LogP contribution in [0.15, 0.2) is 30.3 Å². The van der Waals surface area contributed by atoms with Crippen LogP contribution in [0, 0.1) is 26.6 Å². The van der Waals surface area contributed by atoms with E-state index in [0.29, 0.717) is 29.1 Å². The summed E-state index contributed by atoms with van der Waals surface area (Å²) in [5.41, 5.74) is 6.72. The van der Waals surface area contributed by atoms with Gasteiger partial charge in [-0.3, -0.25) is 8.97 Å². The number of imidazole rings is 2. The molecule has 0 aliphatic carbocycles. The molecule has 0 N–H and O–H groups in total. The van der Waals surface area contributed by atoms with E-state index in [-0.39, 0.29) is 12.4 Å². The number of rotatable bonds is 4. The number of hydrogen-bond donors (Lipinski definition) is 0. The van der Waals surface area contributed by atoms with E-state index in [9.17, 15) is 9.18 Å². The largest absolute Gasteiger partial charge is 0.461 e. The van der Waals surface area contributed by atoms with E-state index in [1.54, 1.807) is 17.4 Å². The van der Waals surface area contributed by atoms with Gasteiger partial charge in [0, 0.05) is 6.07 Å². The van der Waals surface area contributed by atoms with E-state index in [1.165, 1.54) is 17.7 Å². The van der Waals surface area contributed by atoms with E-state index in [4.69, 9.17) is 9.72 Å². The van der Waals surface area contributed by atoms with E-state index < -0.39 is 5.97 Å². The van der Waals surface area contributed by atoms with Crippen molar-refractivity contribution in [2.45, 2.75) is 41.0 Å². The van der Waals surface area contributed by atoms with Gasteiger partial charge in [-0.15, -0.1) is 0 Å². The van der Waals surface area contributed by atoms with Gasteiger partial charge in [-0.25, -0.2) is 14.2 Å².